The average Bonchev–Trinajstić information content (AvgIpc) is 2.68. The number of anilines is 2. The number of rotatable bonds is 3. The number of fused-ring (bicyclic) bond motifs is 1. The van der Waals surface area contributed by atoms with Crippen molar-refractivity contribution in [2.75, 3.05) is 17.2 Å². The lowest BCUT2D eigenvalue weighted by Gasteiger charge is -2.21. The summed E-state index contributed by atoms with van der Waals surface area (Å²) in [6.45, 7) is 0.994. The first-order valence-electron chi connectivity index (χ1n) is 9.14. The molecule has 0 saturated heterocycles. The number of aryl methyl sites for hydroxylation is 1. The second kappa shape index (κ2) is 7.09. The number of carbonyl (C=O) groups excluding carboxylic acids is 1. The number of hydrogen-bond donors (Lipinski definition) is 2. The van der Waals surface area contributed by atoms with Crippen molar-refractivity contribution in [2.45, 2.75) is 38.5 Å². The molecule has 1 aliphatic heterocycles. The Hall–Kier alpha value is -2.62. The maximum atomic E-state index is 12.9. The van der Waals surface area contributed by atoms with Gasteiger partial charge in [-0.2, -0.15) is 0 Å². The summed E-state index contributed by atoms with van der Waals surface area (Å²) in [6, 6.07) is 14.2. The van der Waals surface area contributed by atoms with E-state index in [9.17, 15) is 4.79 Å². The van der Waals surface area contributed by atoms with Crippen molar-refractivity contribution in [1.29, 1.82) is 0 Å². The Bertz CT molecular complexity index is 811. The van der Waals surface area contributed by atoms with Crippen LogP contribution >= 0.6 is 0 Å². The van der Waals surface area contributed by atoms with Crippen LogP contribution in [-0.4, -0.2) is 17.4 Å². The predicted octanol–water partition coefficient (Wildman–Crippen LogP) is 4.41. The van der Waals surface area contributed by atoms with Crippen molar-refractivity contribution in [3.8, 4) is 0 Å². The second-order valence-corrected chi connectivity index (χ2v) is 6.71. The number of hydrogen-bond acceptors (Lipinski definition) is 3. The molecule has 0 bridgehead atoms. The number of nitrogens with one attached hydrogen (secondary N) is 2. The Morgan fingerprint density at radius 2 is 1.80 bits per heavy atom. The van der Waals surface area contributed by atoms with Gasteiger partial charge < -0.3 is 10.6 Å². The molecule has 0 spiro atoms. The van der Waals surface area contributed by atoms with E-state index in [1.54, 1.807) is 0 Å². The summed E-state index contributed by atoms with van der Waals surface area (Å²) >= 11 is 0. The molecule has 1 amide bonds. The SMILES string of the molecule is O=C(Nc1ccc2c(n1)CCCN2)C1=C(c2ccccc2)CCCC1. The van der Waals surface area contributed by atoms with Gasteiger partial charge in [0.1, 0.15) is 5.82 Å². The van der Waals surface area contributed by atoms with Gasteiger partial charge in [-0.3, -0.25) is 4.79 Å². The number of benzene rings is 1. The highest BCUT2D eigenvalue weighted by Crippen LogP contribution is 2.33. The summed E-state index contributed by atoms with van der Waals surface area (Å²) in [5.74, 6) is 0.646. The van der Waals surface area contributed by atoms with Crippen LogP contribution < -0.4 is 10.6 Å². The summed E-state index contributed by atoms with van der Waals surface area (Å²) < 4.78 is 0. The summed E-state index contributed by atoms with van der Waals surface area (Å²) in [6.07, 6.45) is 6.06. The van der Waals surface area contributed by atoms with Crippen molar-refractivity contribution in [3.63, 3.8) is 0 Å². The van der Waals surface area contributed by atoms with Gasteiger partial charge in [0.05, 0.1) is 11.4 Å². The molecule has 0 fully saturated rings. The van der Waals surface area contributed by atoms with Crippen LogP contribution in [-0.2, 0) is 11.2 Å². The van der Waals surface area contributed by atoms with E-state index in [0.717, 1.165) is 67.6 Å². The van der Waals surface area contributed by atoms with E-state index in [1.807, 2.05) is 30.3 Å². The largest absolute Gasteiger partial charge is 0.384 e. The molecule has 4 heteroatoms. The van der Waals surface area contributed by atoms with Crippen molar-refractivity contribution in [1.82, 2.24) is 4.98 Å². The predicted molar refractivity (Wildman–Crippen MR) is 102 cm³/mol. The molecule has 1 aromatic heterocycles. The topological polar surface area (TPSA) is 54.0 Å². The van der Waals surface area contributed by atoms with E-state index in [4.69, 9.17) is 0 Å². The summed E-state index contributed by atoms with van der Waals surface area (Å²) in [7, 11) is 0. The number of amides is 1. The zero-order valence-electron chi connectivity index (χ0n) is 14.3. The van der Waals surface area contributed by atoms with Crippen molar-refractivity contribution < 1.29 is 4.79 Å². The molecule has 2 aromatic rings. The third kappa shape index (κ3) is 3.43. The van der Waals surface area contributed by atoms with E-state index >= 15 is 0 Å². The van der Waals surface area contributed by atoms with E-state index in [1.165, 1.54) is 5.57 Å². The van der Waals surface area contributed by atoms with E-state index < -0.39 is 0 Å². The zero-order chi connectivity index (χ0) is 17.1. The Kier molecular flexibility index (Phi) is 4.51. The van der Waals surface area contributed by atoms with Gasteiger partial charge in [0.15, 0.2) is 0 Å². The molecule has 0 saturated carbocycles. The number of nitrogens with zero attached hydrogens (tertiary/aromatic N) is 1. The first-order chi connectivity index (χ1) is 12.3. The van der Waals surface area contributed by atoms with Crippen LogP contribution in [0.1, 0.15) is 43.4 Å². The van der Waals surface area contributed by atoms with Crippen LogP contribution in [0.5, 0.6) is 0 Å². The van der Waals surface area contributed by atoms with Crippen molar-refractivity contribution in [2.24, 2.45) is 0 Å². The molecule has 128 valence electrons. The lowest BCUT2D eigenvalue weighted by Crippen LogP contribution is -2.20. The number of allylic oxidation sites excluding steroid dienone is 1. The maximum absolute atomic E-state index is 12.9. The Morgan fingerprint density at radius 1 is 0.960 bits per heavy atom. The molecule has 2 N–H and O–H groups in total. The fourth-order valence-corrected chi connectivity index (χ4v) is 3.71. The van der Waals surface area contributed by atoms with Crippen LogP contribution in [0.3, 0.4) is 0 Å². The second-order valence-electron chi connectivity index (χ2n) is 6.71. The van der Waals surface area contributed by atoms with Crippen LogP contribution in [0.4, 0.5) is 11.5 Å². The van der Waals surface area contributed by atoms with Gasteiger partial charge in [0.25, 0.3) is 5.91 Å². The Labute approximate surface area is 148 Å². The number of aromatic nitrogens is 1. The molecule has 0 atom stereocenters. The molecule has 4 rings (SSSR count). The number of pyridine rings is 1. The first-order valence-corrected chi connectivity index (χ1v) is 9.14. The highest BCUT2D eigenvalue weighted by atomic mass is 16.1. The van der Waals surface area contributed by atoms with Gasteiger partial charge in [-0.1, -0.05) is 30.3 Å². The van der Waals surface area contributed by atoms with Gasteiger partial charge >= 0.3 is 0 Å². The van der Waals surface area contributed by atoms with Crippen molar-refractivity contribution in [3.05, 3.63) is 59.3 Å². The summed E-state index contributed by atoms with van der Waals surface area (Å²) in [5, 5.41) is 6.38. The Balaban J connectivity index is 1.60. The standard InChI is InChI=1S/C21H23N3O/c25-21(24-20-13-12-18-19(23-20)11-6-14-22-18)17-10-5-4-9-16(17)15-7-2-1-3-8-15/h1-3,7-8,12-13,22H,4-6,9-11,14H2,(H,23,24,25). The van der Waals surface area contributed by atoms with Gasteiger partial charge in [0, 0.05) is 12.1 Å². The highest BCUT2D eigenvalue weighted by molar-refractivity contribution is 6.08. The molecule has 0 unspecified atom stereocenters. The quantitative estimate of drug-likeness (QED) is 0.875. The first kappa shape index (κ1) is 15.9. The monoisotopic (exact) mass is 333 g/mol. The van der Waals surface area contributed by atoms with E-state index in [0.29, 0.717) is 5.82 Å². The van der Waals surface area contributed by atoms with E-state index in [-0.39, 0.29) is 5.91 Å². The summed E-state index contributed by atoms with van der Waals surface area (Å²) in [4.78, 5) is 17.5. The lowest BCUT2D eigenvalue weighted by atomic mass is 9.87. The molecule has 1 aromatic carbocycles. The molecule has 25 heavy (non-hydrogen) atoms. The summed E-state index contributed by atoms with van der Waals surface area (Å²) in [5.41, 5.74) is 5.39. The molecule has 2 aliphatic rings. The molecule has 0 radical (unpaired) electrons. The van der Waals surface area contributed by atoms with Crippen LogP contribution in [0.15, 0.2) is 48.0 Å². The molecule has 2 heterocycles. The highest BCUT2D eigenvalue weighted by Gasteiger charge is 2.21. The Morgan fingerprint density at radius 3 is 2.68 bits per heavy atom. The molecular formula is C21H23N3O. The zero-order valence-corrected chi connectivity index (χ0v) is 14.3. The molecule has 4 nitrogen and oxygen atoms in total. The minimum atomic E-state index is -0.00484. The van der Waals surface area contributed by atoms with E-state index in [2.05, 4.69) is 27.8 Å². The molecular weight excluding hydrogens is 310 g/mol. The van der Waals surface area contributed by atoms with Crippen LogP contribution in [0, 0.1) is 0 Å². The fraction of sp³-hybridized carbons (Fsp3) is 0.333. The maximum Gasteiger partial charge on any atom is 0.253 e. The smallest absolute Gasteiger partial charge is 0.253 e. The normalized spacial score (nSPS) is 16.8. The lowest BCUT2D eigenvalue weighted by molar-refractivity contribution is -0.113. The van der Waals surface area contributed by atoms with Gasteiger partial charge in [-0.15, -0.1) is 0 Å². The van der Waals surface area contributed by atoms with Crippen molar-refractivity contribution >= 4 is 23.0 Å². The fourth-order valence-electron chi connectivity index (χ4n) is 3.71. The minimum absolute atomic E-state index is 0.00484. The third-order valence-corrected chi connectivity index (χ3v) is 4.99. The van der Waals surface area contributed by atoms with Gasteiger partial charge in [-0.25, -0.2) is 4.98 Å². The minimum Gasteiger partial charge on any atom is -0.384 e. The third-order valence-electron chi connectivity index (χ3n) is 4.99. The van der Waals surface area contributed by atoms with Crippen LogP contribution in [0.2, 0.25) is 0 Å². The molecule has 1 aliphatic carbocycles. The van der Waals surface area contributed by atoms with Gasteiger partial charge in [-0.05, 0) is 61.8 Å². The van der Waals surface area contributed by atoms with Gasteiger partial charge in [0.2, 0.25) is 0 Å². The number of carbonyl (C=O) groups is 1. The average molecular weight is 333 g/mol. The van der Waals surface area contributed by atoms with Crippen LogP contribution in [0.25, 0.3) is 5.57 Å².